The summed E-state index contributed by atoms with van der Waals surface area (Å²) in [5.74, 6) is 0.720. The highest BCUT2D eigenvalue weighted by molar-refractivity contribution is 6.33. The zero-order valence-corrected chi connectivity index (χ0v) is 11.8. The van der Waals surface area contributed by atoms with Gasteiger partial charge in [0, 0.05) is 16.8 Å². The first-order valence-corrected chi connectivity index (χ1v) is 6.37. The van der Waals surface area contributed by atoms with Gasteiger partial charge in [0.15, 0.2) is 5.82 Å². The molecule has 1 aromatic carbocycles. The summed E-state index contributed by atoms with van der Waals surface area (Å²) in [6.07, 6.45) is 0. The Kier molecular flexibility index (Phi) is 3.71. The summed E-state index contributed by atoms with van der Waals surface area (Å²) in [6.45, 7) is 5.95. The van der Waals surface area contributed by atoms with E-state index in [2.05, 4.69) is 9.97 Å². The first-order valence-electron chi connectivity index (χ1n) is 5.99. The van der Waals surface area contributed by atoms with E-state index in [-0.39, 0.29) is 10.9 Å². The third-order valence-corrected chi connectivity index (χ3v) is 3.23. The molecule has 1 aromatic heterocycles. The van der Waals surface area contributed by atoms with Crippen molar-refractivity contribution in [2.75, 3.05) is 5.73 Å². The Morgan fingerprint density at radius 1 is 1.26 bits per heavy atom. The molecule has 0 fully saturated rings. The van der Waals surface area contributed by atoms with Gasteiger partial charge in [0.25, 0.3) is 0 Å². The van der Waals surface area contributed by atoms with E-state index in [1.54, 1.807) is 6.07 Å². The smallest absolute Gasteiger partial charge is 0.163 e. The number of anilines is 1. The van der Waals surface area contributed by atoms with E-state index in [0.29, 0.717) is 17.2 Å². The maximum atomic E-state index is 13.0. The molecule has 2 N–H and O–H groups in total. The van der Waals surface area contributed by atoms with Crippen LogP contribution in [0.4, 0.5) is 10.2 Å². The number of hydrogen-bond acceptors (Lipinski definition) is 3. The second-order valence-electron chi connectivity index (χ2n) is 4.71. The van der Waals surface area contributed by atoms with Crippen LogP contribution in [0.3, 0.4) is 0 Å². The number of aromatic nitrogens is 2. The molecule has 0 bridgehead atoms. The number of hydrogen-bond donors (Lipinski definition) is 1. The molecular weight excluding hydrogens is 265 g/mol. The molecule has 0 saturated heterocycles. The van der Waals surface area contributed by atoms with E-state index >= 15 is 0 Å². The molecule has 19 heavy (non-hydrogen) atoms. The predicted octanol–water partition coefficient (Wildman–Crippen LogP) is 3.95. The first kappa shape index (κ1) is 13.7. The van der Waals surface area contributed by atoms with Gasteiger partial charge < -0.3 is 5.73 Å². The zero-order chi connectivity index (χ0) is 14.2. The average Bonchev–Trinajstić information content (AvgIpc) is 2.26. The van der Waals surface area contributed by atoms with E-state index in [0.717, 1.165) is 11.3 Å². The van der Waals surface area contributed by atoms with Crippen molar-refractivity contribution in [3.8, 4) is 11.4 Å². The molecule has 2 aromatic rings. The Hall–Kier alpha value is -1.68. The van der Waals surface area contributed by atoms with Gasteiger partial charge in [0.2, 0.25) is 0 Å². The van der Waals surface area contributed by atoms with Crippen molar-refractivity contribution in [1.29, 1.82) is 0 Å². The number of nitrogen functional groups attached to an aromatic ring is 1. The van der Waals surface area contributed by atoms with Crippen LogP contribution in [0, 0.1) is 12.7 Å². The third kappa shape index (κ3) is 2.68. The maximum absolute atomic E-state index is 13.0. The van der Waals surface area contributed by atoms with Crippen LogP contribution >= 0.6 is 11.6 Å². The van der Waals surface area contributed by atoms with Gasteiger partial charge in [-0.05, 0) is 31.0 Å². The summed E-state index contributed by atoms with van der Waals surface area (Å²) in [5, 5.41) is 0.274. The summed E-state index contributed by atoms with van der Waals surface area (Å²) < 4.78 is 13.0. The fraction of sp³-hybridized carbons (Fsp3) is 0.286. The SMILES string of the molecule is Cc1nc(-c2ccc(F)cc2Cl)nc(N)c1C(C)C. The Morgan fingerprint density at radius 3 is 2.47 bits per heavy atom. The molecule has 0 aliphatic rings. The average molecular weight is 280 g/mol. The molecule has 0 radical (unpaired) electrons. The van der Waals surface area contributed by atoms with Crippen molar-refractivity contribution >= 4 is 17.4 Å². The van der Waals surface area contributed by atoms with Crippen LogP contribution in [0.1, 0.15) is 31.0 Å². The highest BCUT2D eigenvalue weighted by Crippen LogP contribution is 2.30. The van der Waals surface area contributed by atoms with E-state index in [1.165, 1.54) is 12.1 Å². The number of aryl methyl sites for hydroxylation is 1. The summed E-state index contributed by atoms with van der Waals surface area (Å²) in [6, 6.07) is 4.12. The molecule has 0 aliphatic heterocycles. The Labute approximate surface area is 116 Å². The molecule has 0 amide bonds. The lowest BCUT2D eigenvalue weighted by Crippen LogP contribution is -2.06. The number of benzene rings is 1. The van der Waals surface area contributed by atoms with Crippen LogP contribution in [-0.2, 0) is 0 Å². The molecule has 0 atom stereocenters. The normalized spacial score (nSPS) is 11.1. The molecule has 5 heteroatoms. The van der Waals surface area contributed by atoms with Gasteiger partial charge in [-0.1, -0.05) is 25.4 Å². The number of halogens is 2. The van der Waals surface area contributed by atoms with Crippen LogP contribution in [0.2, 0.25) is 5.02 Å². The molecule has 0 saturated carbocycles. The Morgan fingerprint density at radius 2 is 1.95 bits per heavy atom. The number of nitrogens with zero attached hydrogens (tertiary/aromatic N) is 2. The summed E-state index contributed by atoms with van der Waals surface area (Å²) in [4.78, 5) is 8.69. The van der Waals surface area contributed by atoms with E-state index in [1.807, 2.05) is 20.8 Å². The molecule has 0 aliphatic carbocycles. The lowest BCUT2D eigenvalue weighted by atomic mass is 10.0. The van der Waals surface area contributed by atoms with Crippen molar-refractivity contribution in [1.82, 2.24) is 9.97 Å². The lowest BCUT2D eigenvalue weighted by molar-refractivity contribution is 0.628. The maximum Gasteiger partial charge on any atom is 0.163 e. The number of nitrogens with two attached hydrogens (primary N) is 1. The van der Waals surface area contributed by atoms with Crippen molar-refractivity contribution in [2.24, 2.45) is 0 Å². The van der Waals surface area contributed by atoms with Gasteiger partial charge in [0.05, 0.1) is 5.02 Å². The Bertz CT molecular complexity index is 603. The van der Waals surface area contributed by atoms with Gasteiger partial charge >= 0.3 is 0 Å². The van der Waals surface area contributed by atoms with Gasteiger partial charge in [-0.3, -0.25) is 0 Å². The molecule has 0 unspecified atom stereocenters. The van der Waals surface area contributed by atoms with Crippen LogP contribution in [0.15, 0.2) is 18.2 Å². The van der Waals surface area contributed by atoms with Gasteiger partial charge in [-0.2, -0.15) is 0 Å². The molecule has 2 rings (SSSR count). The van der Waals surface area contributed by atoms with Gasteiger partial charge in [0.1, 0.15) is 11.6 Å². The summed E-state index contributed by atoms with van der Waals surface area (Å²) in [7, 11) is 0. The molecule has 1 heterocycles. The first-order chi connectivity index (χ1) is 8.90. The largest absolute Gasteiger partial charge is 0.383 e. The molecule has 0 spiro atoms. The fourth-order valence-electron chi connectivity index (χ4n) is 2.11. The Balaban J connectivity index is 2.58. The van der Waals surface area contributed by atoms with E-state index in [9.17, 15) is 4.39 Å². The minimum Gasteiger partial charge on any atom is -0.383 e. The third-order valence-electron chi connectivity index (χ3n) is 2.92. The van der Waals surface area contributed by atoms with Crippen LogP contribution in [0.25, 0.3) is 11.4 Å². The lowest BCUT2D eigenvalue weighted by Gasteiger charge is -2.13. The quantitative estimate of drug-likeness (QED) is 0.905. The van der Waals surface area contributed by atoms with Crippen LogP contribution in [0.5, 0.6) is 0 Å². The predicted molar refractivity (Wildman–Crippen MR) is 75.7 cm³/mol. The van der Waals surface area contributed by atoms with Crippen LogP contribution < -0.4 is 5.73 Å². The van der Waals surface area contributed by atoms with E-state index in [4.69, 9.17) is 17.3 Å². The molecule has 3 nitrogen and oxygen atoms in total. The topological polar surface area (TPSA) is 51.8 Å². The van der Waals surface area contributed by atoms with Crippen molar-refractivity contribution in [3.63, 3.8) is 0 Å². The minimum absolute atomic E-state index is 0.248. The van der Waals surface area contributed by atoms with Crippen LogP contribution in [-0.4, -0.2) is 9.97 Å². The summed E-state index contributed by atoms with van der Waals surface area (Å²) in [5.41, 5.74) is 8.30. The zero-order valence-electron chi connectivity index (χ0n) is 11.0. The minimum atomic E-state index is -0.391. The van der Waals surface area contributed by atoms with Crippen molar-refractivity contribution in [3.05, 3.63) is 40.3 Å². The molecule has 100 valence electrons. The number of rotatable bonds is 2. The second-order valence-corrected chi connectivity index (χ2v) is 5.12. The van der Waals surface area contributed by atoms with Crippen molar-refractivity contribution in [2.45, 2.75) is 26.7 Å². The fourth-order valence-corrected chi connectivity index (χ4v) is 2.36. The van der Waals surface area contributed by atoms with Crippen molar-refractivity contribution < 1.29 is 4.39 Å². The van der Waals surface area contributed by atoms with Gasteiger partial charge in [-0.15, -0.1) is 0 Å². The molecular formula is C14H15ClFN3. The van der Waals surface area contributed by atoms with Gasteiger partial charge in [-0.25, -0.2) is 14.4 Å². The summed E-state index contributed by atoms with van der Waals surface area (Å²) >= 11 is 6.01. The highest BCUT2D eigenvalue weighted by Gasteiger charge is 2.15. The second kappa shape index (κ2) is 5.13. The van der Waals surface area contributed by atoms with E-state index < -0.39 is 5.82 Å². The standard InChI is InChI=1S/C14H15ClFN3/c1-7(2)12-8(3)18-14(19-13(12)17)10-5-4-9(16)6-11(10)15/h4-7H,1-3H3,(H2,17,18,19). The highest BCUT2D eigenvalue weighted by atomic mass is 35.5. The monoisotopic (exact) mass is 279 g/mol.